The number of nitrogens with one attached hydrogen (secondary N) is 4. The summed E-state index contributed by atoms with van der Waals surface area (Å²) in [6.07, 6.45) is 14.3. The normalized spacial score (nSPS) is 18.4. The van der Waals surface area contributed by atoms with E-state index in [1.165, 1.54) is 0 Å². The summed E-state index contributed by atoms with van der Waals surface area (Å²) in [4.78, 5) is 54.1. The van der Waals surface area contributed by atoms with Crippen LogP contribution in [0.4, 0.5) is 0 Å². The molecule has 0 saturated carbocycles. The third-order valence-corrected chi connectivity index (χ3v) is 15.7. The van der Waals surface area contributed by atoms with Gasteiger partial charge in [0.05, 0.1) is 83.6 Å². The summed E-state index contributed by atoms with van der Waals surface area (Å²) in [5, 5.41) is 12.4. The molecule has 5 aliphatic heterocycles. The van der Waals surface area contributed by atoms with Crippen LogP contribution in [0.2, 0.25) is 5.15 Å². The van der Waals surface area contributed by atoms with Gasteiger partial charge in [-0.25, -0.2) is 0 Å². The molecule has 3 fully saturated rings. The third kappa shape index (κ3) is 11.7. The molecule has 78 heavy (non-hydrogen) atoms. The maximum absolute atomic E-state index is 12.7. The van der Waals surface area contributed by atoms with E-state index in [9.17, 15) is 9.59 Å². The second-order valence-electron chi connectivity index (χ2n) is 21.2. The molecule has 0 atom stereocenters. The third-order valence-electron chi connectivity index (χ3n) is 15.5. The number of amides is 2. The molecule has 0 unspecified atom stereocenters. The summed E-state index contributed by atoms with van der Waals surface area (Å²) in [5.74, 6) is 1.45. The zero-order valence-corrected chi connectivity index (χ0v) is 45.5. The van der Waals surface area contributed by atoms with Crippen LogP contribution in [-0.2, 0) is 31.6 Å². The second-order valence-corrected chi connectivity index (χ2v) is 21.6. The summed E-state index contributed by atoms with van der Waals surface area (Å²) in [6, 6.07) is 15.9. The number of aryl methyl sites for hydroxylation is 2. The predicted octanol–water partition coefficient (Wildman–Crippen LogP) is 7.30. The van der Waals surface area contributed by atoms with Crippen molar-refractivity contribution in [3.05, 3.63) is 113 Å². The van der Waals surface area contributed by atoms with Crippen LogP contribution >= 0.6 is 11.6 Å². The van der Waals surface area contributed by atoms with Crippen molar-refractivity contribution < 1.29 is 37.8 Å². The Morgan fingerprint density at radius 3 is 2.01 bits per heavy atom. The summed E-state index contributed by atoms with van der Waals surface area (Å²) in [5.41, 5.74) is 7.13. The van der Waals surface area contributed by atoms with Crippen molar-refractivity contribution in [3.63, 3.8) is 0 Å². The average Bonchev–Trinajstić information content (AvgIpc) is 4.19. The van der Waals surface area contributed by atoms with Gasteiger partial charge in [-0.2, -0.15) is 0 Å². The van der Waals surface area contributed by atoms with Crippen molar-refractivity contribution >= 4 is 79.3 Å². The van der Waals surface area contributed by atoms with Crippen molar-refractivity contribution in [1.29, 1.82) is 0 Å². The van der Waals surface area contributed by atoms with Crippen LogP contribution in [0.1, 0.15) is 72.6 Å². The molecule has 2 amide bonds. The Morgan fingerprint density at radius 2 is 1.31 bits per heavy atom. The van der Waals surface area contributed by atoms with Gasteiger partial charge in [-0.1, -0.05) is 35.9 Å². The van der Waals surface area contributed by atoms with E-state index >= 15 is 0 Å². The van der Waals surface area contributed by atoms with Gasteiger partial charge in [-0.05, 0) is 77.6 Å². The molecule has 11 heterocycles. The number of pyridine rings is 4. The van der Waals surface area contributed by atoms with Gasteiger partial charge in [0, 0.05) is 126 Å². The van der Waals surface area contributed by atoms with E-state index in [-0.39, 0.29) is 23.0 Å². The van der Waals surface area contributed by atoms with Crippen LogP contribution in [0.3, 0.4) is 0 Å². The summed E-state index contributed by atoms with van der Waals surface area (Å²) >= 11 is 6.04. The number of benzene rings is 2. The fraction of sp³-hybridized carbons (Fsp3) is 0.414. The molecular formula is C58H66BClN10O8. The fourth-order valence-electron chi connectivity index (χ4n) is 10.5. The minimum Gasteiger partial charge on any atom is -0.491 e. The van der Waals surface area contributed by atoms with Crippen LogP contribution in [-0.4, -0.2) is 162 Å². The highest BCUT2D eigenvalue weighted by atomic mass is 35.5. The van der Waals surface area contributed by atoms with Gasteiger partial charge >= 0.3 is 7.12 Å². The highest BCUT2D eigenvalue weighted by Gasteiger charge is 2.52. The molecule has 5 aliphatic rings. The smallest absolute Gasteiger partial charge is 0.491 e. The van der Waals surface area contributed by atoms with Gasteiger partial charge in [-0.3, -0.25) is 39.3 Å². The second kappa shape index (κ2) is 23.3. The lowest BCUT2D eigenvalue weighted by Gasteiger charge is -2.32. The number of ether oxygens (including phenoxy) is 4. The van der Waals surface area contributed by atoms with Gasteiger partial charge in [0.2, 0.25) is 0 Å². The highest BCUT2D eigenvalue weighted by molar-refractivity contribution is 6.62. The molecule has 6 aromatic heterocycles. The SMILES string of the molecule is CC1(C)OB(c2cncc(OCCN3CCOCC3)c2)OC1(C)C.O=C1NCCCc2[nH]c3c(ccc4cnc(-c5cncc(OCCN6CCOCC6)c5)cc43)c21.O=C1NCCCc2nc3c(ccc4c[nH]c(Cl)cc43)c21. The number of fused-ring (bicyclic) bond motifs is 10. The number of carbonyl (C=O) groups excluding carboxylic acids is 2. The van der Waals surface area contributed by atoms with E-state index in [2.05, 4.69) is 51.4 Å². The first-order valence-electron chi connectivity index (χ1n) is 27.1. The predicted molar refractivity (Wildman–Crippen MR) is 302 cm³/mol. The van der Waals surface area contributed by atoms with Crippen molar-refractivity contribution in [3.8, 4) is 22.8 Å². The first-order valence-corrected chi connectivity index (χ1v) is 27.5. The number of nitrogens with zero attached hydrogens (tertiary/aromatic N) is 6. The highest BCUT2D eigenvalue weighted by Crippen LogP contribution is 2.37. The molecule has 0 aliphatic carbocycles. The number of hydrogen-bond acceptors (Lipinski definition) is 14. The van der Waals surface area contributed by atoms with Crippen molar-refractivity contribution in [2.24, 2.45) is 0 Å². The molecular weight excluding hydrogens is 1010 g/mol. The molecule has 8 aromatic rings. The van der Waals surface area contributed by atoms with Gasteiger partial charge in [0.25, 0.3) is 11.8 Å². The van der Waals surface area contributed by atoms with Crippen molar-refractivity contribution in [2.45, 2.75) is 64.6 Å². The number of aromatic amines is 2. The zero-order valence-electron chi connectivity index (χ0n) is 44.7. The Balaban J connectivity index is 0.000000129. The number of carbonyl (C=O) groups is 2. The number of morpholine rings is 2. The number of halogens is 1. The molecule has 20 heteroatoms. The summed E-state index contributed by atoms with van der Waals surface area (Å²) < 4.78 is 34.7. The summed E-state index contributed by atoms with van der Waals surface area (Å²) in [7, 11) is -0.412. The number of hydrogen-bond donors (Lipinski definition) is 4. The molecule has 0 radical (unpaired) electrons. The van der Waals surface area contributed by atoms with Crippen LogP contribution in [0.15, 0.2) is 85.7 Å². The van der Waals surface area contributed by atoms with E-state index < -0.39 is 7.12 Å². The standard InChI is InChI=1S/C26H27N5O3.C17H27BN2O4.C15H12ClN3O/c32-26-24-20-4-3-17-15-29-23(13-21(17)25(20)30-22(24)2-1-5-28-26)18-12-19(16-27-14-18)34-11-8-31-6-9-33-10-7-31;1-16(2)17(3,4)24-18(23-16)14-11-15(13-19-12-14)22-10-7-20-5-8-21-9-6-20;16-12-6-10-8(7-18-12)3-4-9-13-11(19-14(9)10)2-1-5-17-15(13)20/h3-4,12-16,30H,1-2,5-11H2,(H,28,32);11-13H,5-10H2,1-4H3;3-4,6-7,18H,1-2,5H2,(H,17,20). The zero-order chi connectivity index (χ0) is 53.8. The largest absolute Gasteiger partial charge is 0.496 e. The lowest BCUT2D eigenvalue weighted by atomic mass is 9.80. The first kappa shape index (κ1) is 53.3. The number of H-pyrrole nitrogens is 2. The van der Waals surface area contributed by atoms with E-state index in [1.807, 2.05) is 82.6 Å². The molecule has 18 nitrogen and oxygen atoms in total. The Labute approximate surface area is 458 Å². The van der Waals surface area contributed by atoms with E-state index in [4.69, 9.17) is 44.8 Å². The van der Waals surface area contributed by atoms with Crippen LogP contribution in [0.25, 0.3) is 54.6 Å². The van der Waals surface area contributed by atoms with E-state index in [0.29, 0.717) is 31.5 Å². The Kier molecular flexibility index (Phi) is 15.9. The minimum atomic E-state index is -0.412. The molecule has 2 aromatic carbocycles. The van der Waals surface area contributed by atoms with Crippen LogP contribution in [0.5, 0.6) is 11.5 Å². The Bertz CT molecular complexity index is 3450. The number of rotatable bonds is 10. The van der Waals surface area contributed by atoms with Crippen molar-refractivity contribution in [1.82, 2.24) is 50.3 Å². The van der Waals surface area contributed by atoms with Crippen LogP contribution < -0.4 is 25.6 Å². The van der Waals surface area contributed by atoms with Gasteiger partial charge in [0.1, 0.15) is 29.9 Å². The summed E-state index contributed by atoms with van der Waals surface area (Å²) in [6.45, 7) is 19.6. The van der Waals surface area contributed by atoms with Crippen molar-refractivity contribution in [2.75, 3.05) is 92.0 Å². The fourth-order valence-corrected chi connectivity index (χ4v) is 10.6. The van der Waals surface area contributed by atoms with Gasteiger partial charge < -0.3 is 48.9 Å². The van der Waals surface area contributed by atoms with E-state index in [1.54, 1.807) is 24.8 Å². The first-order chi connectivity index (χ1) is 37.9. The monoisotopic (exact) mass is 1080 g/mol. The molecule has 406 valence electrons. The van der Waals surface area contributed by atoms with Crippen LogP contribution in [0, 0.1) is 0 Å². The Hall–Kier alpha value is -6.71. The average molecular weight is 1080 g/mol. The maximum Gasteiger partial charge on any atom is 0.496 e. The molecule has 13 rings (SSSR count). The maximum atomic E-state index is 12.7. The molecule has 3 saturated heterocycles. The quantitative estimate of drug-likeness (QED) is 0.0785. The van der Waals surface area contributed by atoms with E-state index in [0.717, 1.165) is 185 Å². The van der Waals surface area contributed by atoms with Gasteiger partial charge in [-0.15, -0.1) is 0 Å². The Morgan fingerprint density at radius 1 is 0.679 bits per heavy atom. The lowest BCUT2D eigenvalue weighted by Crippen LogP contribution is -2.41. The minimum absolute atomic E-state index is 0.00138. The molecule has 0 bridgehead atoms. The number of aromatic nitrogens is 6. The topological polar surface area (TPSA) is 203 Å². The molecule has 4 N–H and O–H groups in total. The molecule has 0 spiro atoms. The van der Waals surface area contributed by atoms with Gasteiger partial charge in [0.15, 0.2) is 0 Å². The lowest BCUT2D eigenvalue weighted by molar-refractivity contribution is 0.00578.